The number of hydrogen-bond acceptors (Lipinski definition) is 4. The van der Waals surface area contributed by atoms with Gasteiger partial charge < -0.3 is 14.4 Å². The predicted octanol–water partition coefficient (Wildman–Crippen LogP) is 5.28. The van der Waals surface area contributed by atoms with E-state index in [-0.39, 0.29) is 6.09 Å². The number of carbonyl (C=O) groups excluding carboxylic acids is 1. The Balaban J connectivity index is 1.41. The normalized spacial score (nSPS) is 16.9. The Kier molecular flexibility index (Phi) is 6.40. The molecule has 1 atom stereocenters. The number of methoxy groups -OCH3 is 1. The van der Waals surface area contributed by atoms with Crippen molar-refractivity contribution < 1.29 is 14.3 Å². The predicted molar refractivity (Wildman–Crippen MR) is 126 cm³/mol. The smallest absolute Gasteiger partial charge is 0.410 e. The van der Waals surface area contributed by atoms with Crippen LogP contribution in [0, 0.1) is 5.92 Å². The van der Waals surface area contributed by atoms with Crippen molar-refractivity contribution in [3.8, 4) is 5.75 Å². The number of fused-ring (bicyclic) bond motifs is 1. The van der Waals surface area contributed by atoms with Crippen LogP contribution < -0.4 is 4.74 Å². The lowest BCUT2D eigenvalue weighted by atomic mass is 9.91. The van der Waals surface area contributed by atoms with Crippen LogP contribution in [0.4, 0.5) is 4.79 Å². The molecule has 1 aromatic heterocycles. The third-order valence-corrected chi connectivity index (χ3v) is 5.89. The van der Waals surface area contributed by atoms with Gasteiger partial charge in [0.2, 0.25) is 0 Å². The first-order valence-corrected chi connectivity index (χ1v) is 11.4. The molecule has 6 nitrogen and oxygen atoms in total. The summed E-state index contributed by atoms with van der Waals surface area (Å²) in [5, 5.41) is 5.76. The van der Waals surface area contributed by atoms with E-state index in [1.807, 2.05) is 48.7 Å². The lowest BCUT2D eigenvalue weighted by Crippen LogP contribution is -2.43. The second kappa shape index (κ2) is 9.23. The van der Waals surface area contributed by atoms with Gasteiger partial charge in [0, 0.05) is 18.5 Å². The highest BCUT2D eigenvalue weighted by Gasteiger charge is 2.27. The Morgan fingerprint density at radius 3 is 2.59 bits per heavy atom. The maximum atomic E-state index is 12.5. The molecule has 170 valence electrons. The van der Waals surface area contributed by atoms with Crippen molar-refractivity contribution in [1.82, 2.24) is 14.7 Å². The van der Waals surface area contributed by atoms with E-state index in [1.165, 1.54) is 11.1 Å². The third kappa shape index (κ3) is 5.42. The van der Waals surface area contributed by atoms with Gasteiger partial charge in [-0.15, -0.1) is 0 Å². The molecule has 6 heteroatoms. The second-order valence-electron chi connectivity index (χ2n) is 9.68. The summed E-state index contributed by atoms with van der Waals surface area (Å²) in [4.78, 5) is 14.3. The number of benzene rings is 2. The molecule has 3 aromatic rings. The fraction of sp³-hybridized carbons (Fsp3) is 0.462. The van der Waals surface area contributed by atoms with E-state index in [2.05, 4.69) is 35.4 Å². The maximum absolute atomic E-state index is 12.5. The number of amides is 1. The van der Waals surface area contributed by atoms with E-state index in [9.17, 15) is 4.79 Å². The van der Waals surface area contributed by atoms with Crippen LogP contribution in [0.5, 0.6) is 5.75 Å². The number of hydrogen-bond donors (Lipinski definition) is 0. The molecule has 0 bridgehead atoms. The Bertz CT molecular complexity index is 1070. The zero-order valence-corrected chi connectivity index (χ0v) is 19.5. The highest BCUT2D eigenvalue weighted by atomic mass is 16.6. The number of nitrogens with zero attached hydrogens (tertiary/aromatic N) is 3. The van der Waals surface area contributed by atoms with Gasteiger partial charge in [-0.1, -0.05) is 18.2 Å². The van der Waals surface area contributed by atoms with E-state index >= 15 is 0 Å². The molecule has 0 saturated carbocycles. The van der Waals surface area contributed by atoms with Crippen molar-refractivity contribution in [3.05, 3.63) is 59.8 Å². The molecule has 2 heterocycles. The molecule has 2 aromatic carbocycles. The van der Waals surface area contributed by atoms with Crippen molar-refractivity contribution in [2.75, 3.05) is 20.2 Å². The maximum Gasteiger partial charge on any atom is 0.410 e. The van der Waals surface area contributed by atoms with E-state index in [1.54, 1.807) is 7.11 Å². The van der Waals surface area contributed by atoms with Gasteiger partial charge >= 0.3 is 6.09 Å². The van der Waals surface area contributed by atoms with Crippen LogP contribution in [-0.2, 0) is 17.7 Å². The summed E-state index contributed by atoms with van der Waals surface area (Å²) in [5.41, 5.74) is 3.14. The quantitative estimate of drug-likeness (QED) is 0.547. The summed E-state index contributed by atoms with van der Waals surface area (Å²) in [6, 6.07) is 14.7. The lowest BCUT2D eigenvalue weighted by Gasteiger charge is -2.34. The number of likely N-dealkylation sites (tertiary alicyclic amines) is 1. The van der Waals surface area contributed by atoms with Crippen molar-refractivity contribution >= 4 is 17.0 Å². The Hall–Kier alpha value is -3.02. The molecular formula is C26H33N3O3. The SMILES string of the molecule is COc1ccc(Cn2ncc3cc(C[C@H]4CCCN(C(=O)OC(C)(C)C)C4)ccc32)cc1. The summed E-state index contributed by atoms with van der Waals surface area (Å²) < 4.78 is 12.8. The molecule has 0 N–H and O–H groups in total. The van der Waals surface area contributed by atoms with Crippen molar-refractivity contribution in [1.29, 1.82) is 0 Å². The second-order valence-corrected chi connectivity index (χ2v) is 9.68. The minimum Gasteiger partial charge on any atom is -0.497 e. The Morgan fingerprint density at radius 1 is 1.12 bits per heavy atom. The van der Waals surface area contributed by atoms with Gasteiger partial charge in [-0.05, 0) is 81.3 Å². The molecule has 32 heavy (non-hydrogen) atoms. The van der Waals surface area contributed by atoms with Gasteiger partial charge in [-0.2, -0.15) is 5.10 Å². The average molecular weight is 436 g/mol. The van der Waals surface area contributed by atoms with E-state index in [0.717, 1.165) is 55.5 Å². The van der Waals surface area contributed by atoms with Crippen LogP contribution in [0.1, 0.15) is 44.7 Å². The van der Waals surface area contributed by atoms with E-state index < -0.39 is 5.60 Å². The fourth-order valence-electron chi connectivity index (χ4n) is 4.35. The van der Waals surface area contributed by atoms with Crippen molar-refractivity contribution in [2.45, 2.75) is 52.2 Å². The van der Waals surface area contributed by atoms with Gasteiger partial charge in [0.25, 0.3) is 0 Å². The van der Waals surface area contributed by atoms with Crippen LogP contribution in [0.15, 0.2) is 48.7 Å². The molecule has 0 aliphatic carbocycles. The first-order valence-electron chi connectivity index (χ1n) is 11.4. The number of rotatable bonds is 5. The molecule has 1 saturated heterocycles. The van der Waals surface area contributed by atoms with E-state index in [4.69, 9.17) is 9.47 Å². The molecule has 4 rings (SSSR count). The molecule has 1 aliphatic rings. The summed E-state index contributed by atoms with van der Waals surface area (Å²) in [6.45, 7) is 8.00. The zero-order chi connectivity index (χ0) is 22.7. The summed E-state index contributed by atoms with van der Waals surface area (Å²) >= 11 is 0. The topological polar surface area (TPSA) is 56.6 Å². The highest BCUT2D eigenvalue weighted by Crippen LogP contribution is 2.25. The summed E-state index contributed by atoms with van der Waals surface area (Å²) in [6.07, 6.45) is 4.85. The minimum atomic E-state index is -0.457. The van der Waals surface area contributed by atoms with Crippen LogP contribution in [-0.4, -0.2) is 46.6 Å². The molecule has 0 spiro atoms. The number of carbonyl (C=O) groups is 1. The lowest BCUT2D eigenvalue weighted by molar-refractivity contribution is 0.0166. The molecule has 1 fully saturated rings. The summed E-state index contributed by atoms with van der Waals surface area (Å²) in [7, 11) is 1.68. The molecule has 0 unspecified atom stereocenters. The van der Waals surface area contributed by atoms with Crippen LogP contribution in [0.2, 0.25) is 0 Å². The minimum absolute atomic E-state index is 0.197. The van der Waals surface area contributed by atoms with Crippen LogP contribution >= 0.6 is 0 Å². The van der Waals surface area contributed by atoms with Gasteiger partial charge in [0.15, 0.2) is 0 Å². The van der Waals surface area contributed by atoms with Gasteiger partial charge in [-0.25, -0.2) is 4.79 Å². The van der Waals surface area contributed by atoms with Crippen LogP contribution in [0.25, 0.3) is 10.9 Å². The molecular weight excluding hydrogens is 402 g/mol. The number of piperidine rings is 1. The van der Waals surface area contributed by atoms with Gasteiger partial charge in [-0.3, -0.25) is 4.68 Å². The summed E-state index contributed by atoms with van der Waals surface area (Å²) in [5.74, 6) is 1.31. The first kappa shape index (κ1) is 22.2. The standard InChI is InChI=1S/C26H33N3O3/c1-26(2,3)32-25(30)28-13-5-6-21(17-28)14-20-9-12-24-22(15-20)16-27-29(24)18-19-7-10-23(31-4)11-8-19/h7-12,15-16,21H,5-6,13-14,17-18H2,1-4H3/t21-/m1/s1. The number of aromatic nitrogens is 2. The molecule has 1 aliphatic heterocycles. The van der Waals surface area contributed by atoms with Crippen LogP contribution in [0.3, 0.4) is 0 Å². The largest absolute Gasteiger partial charge is 0.497 e. The Labute approximate surface area is 190 Å². The fourth-order valence-corrected chi connectivity index (χ4v) is 4.35. The average Bonchev–Trinajstić information content (AvgIpc) is 3.15. The van der Waals surface area contributed by atoms with E-state index in [0.29, 0.717) is 5.92 Å². The van der Waals surface area contributed by atoms with Crippen molar-refractivity contribution in [2.24, 2.45) is 5.92 Å². The highest BCUT2D eigenvalue weighted by molar-refractivity contribution is 5.79. The third-order valence-electron chi connectivity index (χ3n) is 5.89. The molecule has 0 radical (unpaired) electrons. The molecule has 1 amide bonds. The Morgan fingerprint density at radius 2 is 1.88 bits per heavy atom. The first-order chi connectivity index (χ1) is 15.3. The zero-order valence-electron chi connectivity index (χ0n) is 19.5. The number of ether oxygens (including phenoxy) is 2. The van der Waals surface area contributed by atoms with Gasteiger partial charge in [0.05, 0.1) is 25.4 Å². The van der Waals surface area contributed by atoms with Gasteiger partial charge in [0.1, 0.15) is 11.4 Å². The van der Waals surface area contributed by atoms with Crippen molar-refractivity contribution in [3.63, 3.8) is 0 Å². The monoisotopic (exact) mass is 435 g/mol.